The third-order valence-corrected chi connectivity index (χ3v) is 3.79. The number of benzene rings is 1. The molecule has 2 amide bonds. The minimum Gasteiger partial charge on any atom is -0.447 e. The third-order valence-electron chi connectivity index (χ3n) is 3.79. The fourth-order valence-corrected chi connectivity index (χ4v) is 2.49. The number of likely N-dealkylation sites (N-methyl/N-ethyl adjacent to an activating group) is 1. The molecule has 2 fully saturated rings. The summed E-state index contributed by atoms with van der Waals surface area (Å²) in [6.45, 7) is 1.25. The van der Waals surface area contributed by atoms with Crippen LogP contribution in [0.15, 0.2) is 24.3 Å². The van der Waals surface area contributed by atoms with Crippen LogP contribution in [0, 0.1) is 0 Å². The fraction of sp³-hybridized carbons (Fsp3) is 0.467. The highest BCUT2D eigenvalue weighted by Gasteiger charge is 2.28. The summed E-state index contributed by atoms with van der Waals surface area (Å²) in [7, 11) is 1.96. The van der Waals surface area contributed by atoms with E-state index in [-0.39, 0.29) is 12.0 Å². The molecule has 1 saturated heterocycles. The van der Waals surface area contributed by atoms with Crippen molar-refractivity contribution in [2.75, 3.05) is 37.0 Å². The van der Waals surface area contributed by atoms with Gasteiger partial charge in [0.25, 0.3) is 0 Å². The van der Waals surface area contributed by atoms with Gasteiger partial charge in [-0.2, -0.15) is 0 Å². The third kappa shape index (κ3) is 3.16. The molecule has 1 aliphatic heterocycles. The summed E-state index contributed by atoms with van der Waals surface area (Å²) in [5.74, 6) is -0.0654. The number of ether oxygens (including phenoxy) is 1. The van der Waals surface area contributed by atoms with Crippen LogP contribution in [0.4, 0.5) is 16.2 Å². The van der Waals surface area contributed by atoms with Gasteiger partial charge in [0, 0.05) is 6.04 Å². The van der Waals surface area contributed by atoms with Gasteiger partial charge in [0.05, 0.1) is 24.5 Å². The molecular formula is C15H19N3O3. The van der Waals surface area contributed by atoms with Crippen molar-refractivity contribution in [1.82, 2.24) is 4.90 Å². The van der Waals surface area contributed by atoms with E-state index < -0.39 is 0 Å². The predicted molar refractivity (Wildman–Crippen MR) is 79.4 cm³/mol. The first-order chi connectivity index (χ1) is 10.1. The Morgan fingerprint density at radius 1 is 1.43 bits per heavy atom. The van der Waals surface area contributed by atoms with Crippen LogP contribution in [0.5, 0.6) is 0 Å². The lowest BCUT2D eigenvalue weighted by Gasteiger charge is -2.19. The molecule has 1 N–H and O–H groups in total. The van der Waals surface area contributed by atoms with Crippen molar-refractivity contribution in [2.24, 2.45) is 0 Å². The van der Waals surface area contributed by atoms with Gasteiger partial charge in [-0.3, -0.25) is 14.6 Å². The molecule has 0 unspecified atom stereocenters. The number of hydrogen-bond acceptors (Lipinski definition) is 4. The lowest BCUT2D eigenvalue weighted by atomic mass is 10.2. The fourth-order valence-electron chi connectivity index (χ4n) is 2.49. The van der Waals surface area contributed by atoms with E-state index in [4.69, 9.17) is 4.74 Å². The van der Waals surface area contributed by atoms with E-state index in [1.165, 1.54) is 12.8 Å². The van der Waals surface area contributed by atoms with Crippen LogP contribution in [0.3, 0.4) is 0 Å². The maximum atomic E-state index is 12.1. The number of cyclic esters (lactones) is 1. The summed E-state index contributed by atoms with van der Waals surface area (Å²) >= 11 is 0. The average Bonchev–Trinajstić information content (AvgIpc) is 3.22. The minimum atomic E-state index is -0.369. The first-order valence-corrected chi connectivity index (χ1v) is 7.18. The quantitative estimate of drug-likeness (QED) is 0.896. The molecule has 6 nitrogen and oxygen atoms in total. The van der Waals surface area contributed by atoms with Gasteiger partial charge < -0.3 is 10.1 Å². The molecule has 3 rings (SSSR count). The lowest BCUT2D eigenvalue weighted by Crippen LogP contribution is -2.32. The molecule has 0 bridgehead atoms. The normalized spacial score (nSPS) is 18.0. The Hall–Kier alpha value is -2.08. The summed E-state index contributed by atoms with van der Waals surface area (Å²) < 4.78 is 4.95. The zero-order valence-corrected chi connectivity index (χ0v) is 12.0. The van der Waals surface area contributed by atoms with Crippen molar-refractivity contribution < 1.29 is 14.3 Å². The van der Waals surface area contributed by atoms with E-state index in [1.54, 1.807) is 11.0 Å². The number of nitrogens with one attached hydrogen (secondary N) is 1. The first kappa shape index (κ1) is 13.9. The van der Waals surface area contributed by atoms with E-state index in [2.05, 4.69) is 10.2 Å². The summed E-state index contributed by atoms with van der Waals surface area (Å²) in [4.78, 5) is 27.4. The van der Waals surface area contributed by atoms with Crippen LogP contribution >= 0.6 is 0 Å². The molecule has 2 aliphatic rings. The van der Waals surface area contributed by atoms with Crippen molar-refractivity contribution in [1.29, 1.82) is 0 Å². The molecule has 1 saturated carbocycles. The van der Waals surface area contributed by atoms with Crippen LogP contribution < -0.4 is 10.2 Å². The lowest BCUT2D eigenvalue weighted by molar-refractivity contribution is -0.117. The molecule has 0 atom stereocenters. The first-order valence-electron chi connectivity index (χ1n) is 7.18. The summed E-state index contributed by atoms with van der Waals surface area (Å²) in [6, 6.07) is 7.83. The maximum absolute atomic E-state index is 12.1. The second-order valence-corrected chi connectivity index (χ2v) is 5.48. The molecule has 112 valence electrons. The Bertz CT molecular complexity index is 557. The Morgan fingerprint density at radius 3 is 2.86 bits per heavy atom. The number of carbonyl (C=O) groups is 2. The van der Waals surface area contributed by atoms with Crippen molar-refractivity contribution in [2.45, 2.75) is 18.9 Å². The molecule has 1 aromatic rings. The Morgan fingerprint density at radius 2 is 2.19 bits per heavy atom. The Labute approximate surface area is 123 Å². The van der Waals surface area contributed by atoms with Crippen LogP contribution in [-0.2, 0) is 9.53 Å². The summed E-state index contributed by atoms with van der Waals surface area (Å²) in [6.07, 6.45) is 1.96. The van der Waals surface area contributed by atoms with Crippen molar-refractivity contribution in [3.8, 4) is 0 Å². The van der Waals surface area contributed by atoms with E-state index in [9.17, 15) is 9.59 Å². The molecule has 0 spiro atoms. The molecule has 1 heterocycles. The molecule has 1 aromatic carbocycles. The number of rotatable bonds is 5. The second kappa shape index (κ2) is 5.73. The van der Waals surface area contributed by atoms with Crippen LogP contribution in [-0.4, -0.2) is 49.7 Å². The predicted octanol–water partition coefficient (Wildman–Crippen LogP) is 1.68. The number of carbonyl (C=O) groups excluding carboxylic acids is 2. The second-order valence-electron chi connectivity index (χ2n) is 5.48. The van der Waals surface area contributed by atoms with E-state index in [1.807, 2.05) is 25.2 Å². The van der Waals surface area contributed by atoms with Crippen molar-refractivity contribution >= 4 is 23.4 Å². The largest absolute Gasteiger partial charge is 0.447 e. The van der Waals surface area contributed by atoms with Gasteiger partial charge in [0.2, 0.25) is 5.91 Å². The van der Waals surface area contributed by atoms with E-state index in [0.717, 1.165) is 0 Å². The SMILES string of the molecule is CN(CC(=O)Nc1ccccc1N1CCOC1=O)C1CC1. The average molecular weight is 289 g/mol. The van der Waals surface area contributed by atoms with Gasteiger partial charge in [-0.15, -0.1) is 0 Å². The highest BCUT2D eigenvalue weighted by molar-refractivity contribution is 6.00. The van der Waals surface area contributed by atoms with Crippen LogP contribution in [0.25, 0.3) is 0 Å². The molecule has 1 aliphatic carbocycles. The van der Waals surface area contributed by atoms with Gasteiger partial charge in [0.15, 0.2) is 0 Å². The van der Waals surface area contributed by atoms with Gasteiger partial charge in [-0.1, -0.05) is 12.1 Å². The molecule has 0 aromatic heterocycles. The number of anilines is 2. The van der Waals surface area contributed by atoms with Crippen molar-refractivity contribution in [3.05, 3.63) is 24.3 Å². The topological polar surface area (TPSA) is 61.9 Å². The molecule has 21 heavy (non-hydrogen) atoms. The van der Waals surface area contributed by atoms with Gasteiger partial charge >= 0.3 is 6.09 Å². The summed E-state index contributed by atoms with van der Waals surface area (Å²) in [5.41, 5.74) is 1.33. The standard InChI is InChI=1S/C15H19N3O3/c1-17(11-6-7-11)10-14(19)16-12-4-2-3-5-13(12)18-8-9-21-15(18)20/h2-5,11H,6-10H2,1H3,(H,16,19). The minimum absolute atomic E-state index is 0.0654. The van der Waals surface area contributed by atoms with Gasteiger partial charge in [0.1, 0.15) is 6.61 Å². The van der Waals surface area contributed by atoms with E-state index in [0.29, 0.717) is 37.1 Å². The highest BCUT2D eigenvalue weighted by Crippen LogP contribution is 2.28. The highest BCUT2D eigenvalue weighted by atomic mass is 16.6. The zero-order valence-electron chi connectivity index (χ0n) is 12.0. The van der Waals surface area contributed by atoms with Gasteiger partial charge in [-0.25, -0.2) is 4.79 Å². The number of para-hydroxylation sites is 2. The van der Waals surface area contributed by atoms with Crippen LogP contribution in [0.2, 0.25) is 0 Å². The monoisotopic (exact) mass is 289 g/mol. The number of amides is 2. The Kier molecular flexibility index (Phi) is 3.79. The Balaban J connectivity index is 1.69. The van der Waals surface area contributed by atoms with E-state index >= 15 is 0 Å². The molecule has 6 heteroatoms. The molecular weight excluding hydrogens is 270 g/mol. The number of nitrogens with zero attached hydrogens (tertiary/aromatic N) is 2. The molecule has 0 radical (unpaired) electrons. The number of hydrogen-bond donors (Lipinski definition) is 1. The zero-order chi connectivity index (χ0) is 14.8. The van der Waals surface area contributed by atoms with Crippen molar-refractivity contribution in [3.63, 3.8) is 0 Å². The maximum Gasteiger partial charge on any atom is 0.414 e. The summed E-state index contributed by atoms with van der Waals surface area (Å²) in [5, 5.41) is 2.89. The van der Waals surface area contributed by atoms with Gasteiger partial charge in [-0.05, 0) is 32.0 Å². The van der Waals surface area contributed by atoms with Crippen LogP contribution in [0.1, 0.15) is 12.8 Å². The smallest absolute Gasteiger partial charge is 0.414 e.